The van der Waals surface area contributed by atoms with Gasteiger partial charge in [-0.25, -0.2) is 0 Å². The normalized spacial score (nSPS) is 13.1. The average Bonchev–Trinajstić information content (AvgIpc) is 2.29. The minimum atomic E-state index is -0.964. The van der Waals surface area contributed by atoms with Crippen LogP contribution in [-0.4, -0.2) is 26.9 Å². The number of halogens is 1. The van der Waals surface area contributed by atoms with Crippen LogP contribution in [0.25, 0.3) is 0 Å². The summed E-state index contributed by atoms with van der Waals surface area (Å²) in [4.78, 5) is 11.9. The van der Waals surface area contributed by atoms with Crippen molar-refractivity contribution < 1.29 is 9.00 Å². The van der Waals surface area contributed by atoms with Gasteiger partial charge in [-0.3, -0.25) is 9.00 Å². The van der Waals surface area contributed by atoms with E-state index < -0.39 is 10.8 Å². The van der Waals surface area contributed by atoms with Gasteiger partial charge in [0.1, 0.15) is 0 Å². The molecule has 112 valence electrons. The molecule has 0 bridgehead atoms. The van der Waals surface area contributed by atoms with E-state index in [2.05, 4.69) is 26.1 Å². The van der Waals surface area contributed by atoms with Crippen molar-refractivity contribution in [2.45, 2.75) is 31.3 Å². The van der Waals surface area contributed by atoms with Gasteiger partial charge in [0.25, 0.3) is 0 Å². The lowest BCUT2D eigenvalue weighted by Crippen LogP contribution is -2.19. The Hall–Kier alpha value is -0.520. The van der Waals surface area contributed by atoms with E-state index in [1.165, 1.54) is 0 Å². The van der Waals surface area contributed by atoms with Crippen LogP contribution < -0.4 is 5.32 Å². The lowest BCUT2D eigenvalue weighted by molar-refractivity contribution is -0.113. The third-order valence-electron chi connectivity index (χ3n) is 2.32. The molecule has 1 aromatic rings. The van der Waals surface area contributed by atoms with Crippen LogP contribution in [0.4, 0.5) is 5.69 Å². The Morgan fingerprint density at radius 3 is 2.60 bits per heavy atom. The van der Waals surface area contributed by atoms with E-state index in [9.17, 15) is 9.00 Å². The molecule has 1 N–H and O–H groups in total. The van der Waals surface area contributed by atoms with Crippen LogP contribution in [0.2, 0.25) is 5.02 Å². The number of carbonyl (C=O) groups is 1. The minimum absolute atomic E-state index is 0.0455. The smallest absolute Gasteiger partial charge is 0.234 e. The van der Waals surface area contributed by atoms with Crippen molar-refractivity contribution in [1.29, 1.82) is 0 Å². The van der Waals surface area contributed by atoms with Gasteiger partial charge in [0, 0.05) is 38.3 Å². The number of amides is 1. The molecular weight excluding hydrogens is 314 g/mol. The second kappa shape index (κ2) is 7.48. The summed E-state index contributed by atoms with van der Waals surface area (Å²) in [5, 5.41) is 3.41. The Balaban J connectivity index is 2.68. The van der Waals surface area contributed by atoms with Crippen molar-refractivity contribution in [2.24, 2.45) is 0 Å². The van der Waals surface area contributed by atoms with Crippen molar-refractivity contribution >= 4 is 45.8 Å². The molecule has 0 radical (unpaired) electrons. The Morgan fingerprint density at radius 2 is 2.05 bits per heavy atom. The molecule has 0 saturated carbocycles. The fourth-order valence-corrected chi connectivity index (χ4v) is 3.04. The van der Waals surface area contributed by atoms with Gasteiger partial charge < -0.3 is 5.32 Å². The van der Waals surface area contributed by atoms with Gasteiger partial charge in [-0.1, -0.05) is 32.4 Å². The first-order valence-electron chi connectivity index (χ1n) is 6.19. The Morgan fingerprint density at radius 1 is 1.40 bits per heavy atom. The monoisotopic (exact) mass is 333 g/mol. The third kappa shape index (κ3) is 6.77. The molecule has 6 heteroatoms. The van der Waals surface area contributed by atoms with Gasteiger partial charge >= 0.3 is 0 Å². The maximum atomic E-state index is 11.9. The molecule has 0 saturated heterocycles. The number of hydrogen-bond donors (Lipinski definition) is 1. The summed E-state index contributed by atoms with van der Waals surface area (Å²) in [5.74, 6) is 0.747. The second-order valence-electron chi connectivity index (χ2n) is 5.47. The van der Waals surface area contributed by atoms with Gasteiger partial charge in [-0.15, -0.1) is 11.8 Å². The summed E-state index contributed by atoms with van der Waals surface area (Å²) in [7, 11) is -0.964. The number of rotatable bonds is 5. The molecule has 3 nitrogen and oxygen atoms in total. The molecule has 0 unspecified atom stereocenters. The molecule has 1 rings (SSSR count). The van der Waals surface area contributed by atoms with Gasteiger partial charge in [-0.05, 0) is 23.8 Å². The van der Waals surface area contributed by atoms with E-state index in [1.54, 1.807) is 36.2 Å². The van der Waals surface area contributed by atoms with Gasteiger partial charge in [0.05, 0.1) is 5.75 Å². The molecule has 0 aliphatic heterocycles. The number of anilines is 1. The lowest BCUT2D eigenvalue weighted by atomic mass is 10.2. The first-order chi connectivity index (χ1) is 9.17. The van der Waals surface area contributed by atoms with Crippen molar-refractivity contribution in [1.82, 2.24) is 0 Å². The topological polar surface area (TPSA) is 46.2 Å². The summed E-state index contributed by atoms with van der Waals surface area (Å²) >= 11 is 7.64. The van der Waals surface area contributed by atoms with Crippen molar-refractivity contribution in [3.8, 4) is 0 Å². The first-order valence-corrected chi connectivity index (χ1v) is 9.29. The van der Waals surface area contributed by atoms with Crippen LogP contribution in [-0.2, 0) is 21.3 Å². The van der Waals surface area contributed by atoms with E-state index in [-0.39, 0.29) is 10.7 Å². The molecule has 1 amide bonds. The standard InChI is InChI=1S/C14H20ClNO2S2/c1-14(2,3)19-8-13(17)16-11-5-6-12(15)10(7-11)9-20(4)18/h5-7H,8-9H2,1-4H3,(H,16,17)/t20-/m0/s1. The predicted molar refractivity (Wildman–Crippen MR) is 90.1 cm³/mol. The molecule has 20 heavy (non-hydrogen) atoms. The number of hydrogen-bond acceptors (Lipinski definition) is 3. The highest BCUT2D eigenvalue weighted by atomic mass is 35.5. The highest BCUT2D eigenvalue weighted by Gasteiger charge is 2.14. The Labute approximate surface area is 132 Å². The van der Waals surface area contributed by atoms with Crippen LogP contribution in [0, 0.1) is 0 Å². The zero-order valence-electron chi connectivity index (χ0n) is 12.2. The fourth-order valence-electron chi connectivity index (χ4n) is 1.46. The van der Waals surface area contributed by atoms with Crippen LogP contribution in [0.3, 0.4) is 0 Å². The summed E-state index contributed by atoms with van der Waals surface area (Å²) in [6.45, 7) is 6.21. The number of benzene rings is 1. The maximum absolute atomic E-state index is 11.9. The molecule has 0 aromatic heterocycles. The zero-order valence-corrected chi connectivity index (χ0v) is 14.5. The Kier molecular flexibility index (Phi) is 6.55. The van der Waals surface area contributed by atoms with Crippen molar-refractivity contribution in [2.75, 3.05) is 17.3 Å². The molecular formula is C14H20ClNO2S2. The molecule has 0 aliphatic rings. The zero-order chi connectivity index (χ0) is 15.3. The second-order valence-corrected chi connectivity index (χ2v) is 9.12. The van der Waals surface area contributed by atoms with Crippen molar-refractivity contribution in [3.05, 3.63) is 28.8 Å². The molecule has 0 aliphatic carbocycles. The van der Waals surface area contributed by atoms with Crippen LogP contribution in [0.15, 0.2) is 18.2 Å². The van der Waals surface area contributed by atoms with Gasteiger partial charge in [0.2, 0.25) is 5.91 Å². The summed E-state index contributed by atoms with van der Waals surface area (Å²) in [6, 6.07) is 5.25. The molecule has 0 spiro atoms. The van der Waals surface area contributed by atoms with Crippen LogP contribution in [0.1, 0.15) is 26.3 Å². The summed E-state index contributed by atoms with van der Waals surface area (Å²) < 4.78 is 11.3. The minimum Gasteiger partial charge on any atom is -0.325 e. The van der Waals surface area contributed by atoms with E-state index in [0.717, 1.165) is 5.56 Å². The van der Waals surface area contributed by atoms with Gasteiger partial charge in [0.15, 0.2) is 0 Å². The number of nitrogens with one attached hydrogen (secondary N) is 1. The Bertz CT molecular complexity index is 512. The summed E-state index contributed by atoms with van der Waals surface area (Å²) in [6.07, 6.45) is 1.63. The lowest BCUT2D eigenvalue weighted by Gasteiger charge is -2.17. The van der Waals surface area contributed by atoms with E-state index in [0.29, 0.717) is 22.2 Å². The van der Waals surface area contributed by atoms with E-state index >= 15 is 0 Å². The van der Waals surface area contributed by atoms with E-state index in [1.807, 2.05) is 0 Å². The highest BCUT2D eigenvalue weighted by Crippen LogP contribution is 2.24. The predicted octanol–water partition coefficient (Wildman–Crippen LogP) is 3.69. The number of thioether (sulfide) groups is 1. The maximum Gasteiger partial charge on any atom is 0.234 e. The molecule has 1 aromatic carbocycles. The van der Waals surface area contributed by atoms with E-state index in [4.69, 9.17) is 11.6 Å². The first kappa shape index (κ1) is 17.5. The van der Waals surface area contributed by atoms with Crippen LogP contribution in [0.5, 0.6) is 0 Å². The fraction of sp³-hybridized carbons (Fsp3) is 0.500. The summed E-state index contributed by atoms with van der Waals surface area (Å²) in [5.41, 5.74) is 1.48. The average molecular weight is 334 g/mol. The molecule has 0 heterocycles. The van der Waals surface area contributed by atoms with Crippen molar-refractivity contribution in [3.63, 3.8) is 0 Å². The quantitative estimate of drug-likeness (QED) is 0.893. The molecule has 0 fully saturated rings. The largest absolute Gasteiger partial charge is 0.325 e. The van der Waals surface area contributed by atoms with Crippen LogP contribution >= 0.6 is 23.4 Å². The van der Waals surface area contributed by atoms with Gasteiger partial charge in [-0.2, -0.15) is 0 Å². The third-order valence-corrected chi connectivity index (χ3v) is 4.68. The highest BCUT2D eigenvalue weighted by molar-refractivity contribution is 8.01. The number of carbonyl (C=O) groups excluding carboxylic acids is 1. The molecule has 1 atom stereocenters. The SMILES string of the molecule is C[S@](=O)Cc1cc(NC(=O)CSC(C)(C)C)ccc1Cl.